The molecule has 0 bridgehead atoms. The minimum Gasteiger partial charge on any atom is -0.480 e. The molecule has 0 fully saturated rings. The molecule has 1 aliphatic rings. The van der Waals surface area contributed by atoms with Gasteiger partial charge in [0.15, 0.2) is 0 Å². The first-order chi connectivity index (χ1) is 8.59. The number of hydrogen-bond donors (Lipinski definition) is 1. The number of carbonyl (C=O) groups is 1. The van der Waals surface area contributed by atoms with E-state index in [1.165, 1.54) is 0 Å². The monoisotopic (exact) mass is 369 g/mol. The minimum atomic E-state index is -0.878. The van der Waals surface area contributed by atoms with Crippen LogP contribution in [0.4, 0.5) is 5.69 Å². The molecular formula is C13H8INO2S. The molecule has 5 heteroatoms. The Morgan fingerprint density at radius 1 is 1.33 bits per heavy atom. The molecule has 1 N–H and O–H groups in total. The van der Waals surface area contributed by atoms with Gasteiger partial charge in [-0.05, 0) is 40.1 Å². The van der Waals surface area contributed by atoms with Crippen LogP contribution in [0.25, 0.3) is 10.8 Å². The lowest BCUT2D eigenvalue weighted by Gasteiger charge is -2.17. The second-order valence-electron chi connectivity index (χ2n) is 4.08. The van der Waals surface area contributed by atoms with Crippen LogP contribution in [0.15, 0.2) is 30.3 Å². The van der Waals surface area contributed by atoms with E-state index < -0.39 is 5.97 Å². The topological polar surface area (TPSA) is 40.5 Å². The molecule has 90 valence electrons. The first kappa shape index (κ1) is 11.9. The molecule has 0 saturated heterocycles. The zero-order chi connectivity index (χ0) is 12.9. The second-order valence-corrected chi connectivity index (χ2v) is 5.63. The molecule has 1 aliphatic heterocycles. The van der Waals surface area contributed by atoms with E-state index in [4.69, 9.17) is 17.3 Å². The number of carboxylic acid groups (broad SMARTS) is 1. The van der Waals surface area contributed by atoms with E-state index >= 15 is 0 Å². The number of rotatable bonds is 2. The molecule has 3 rings (SSSR count). The number of thiocarbonyl (C=S) groups is 1. The van der Waals surface area contributed by atoms with Crippen molar-refractivity contribution in [1.82, 2.24) is 0 Å². The maximum atomic E-state index is 10.9. The number of carboxylic acids is 1. The van der Waals surface area contributed by atoms with E-state index in [1.54, 1.807) is 4.90 Å². The molecule has 0 amide bonds. The molecule has 2 aromatic carbocycles. The third-order valence-corrected chi connectivity index (χ3v) is 4.41. The first-order valence-electron chi connectivity index (χ1n) is 5.34. The molecule has 18 heavy (non-hydrogen) atoms. The zero-order valence-corrected chi connectivity index (χ0v) is 12.2. The molecule has 0 saturated carbocycles. The Kier molecular flexibility index (Phi) is 2.74. The summed E-state index contributed by atoms with van der Waals surface area (Å²) in [6, 6.07) is 9.88. The van der Waals surface area contributed by atoms with Gasteiger partial charge in [0.25, 0.3) is 0 Å². The summed E-state index contributed by atoms with van der Waals surface area (Å²) in [5.41, 5.74) is 1.85. The summed E-state index contributed by atoms with van der Waals surface area (Å²) < 4.78 is 1.15. The van der Waals surface area contributed by atoms with E-state index in [0.29, 0.717) is 4.99 Å². The molecule has 0 aliphatic carbocycles. The van der Waals surface area contributed by atoms with E-state index in [0.717, 1.165) is 25.6 Å². The zero-order valence-electron chi connectivity index (χ0n) is 9.18. The third kappa shape index (κ3) is 1.61. The fourth-order valence-corrected chi connectivity index (χ4v) is 3.26. The van der Waals surface area contributed by atoms with Crippen LogP contribution in [-0.4, -0.2) is 22.6 Å². The highest BCUT2D eigenvalue weighted by Gasteiger charge is 2.28. The highest BCUT2D eigenvalue weighted by molar-refractivity contribution is 14.1. The van der Waals surface area contributed by atoms with Crippen molar-refractivity contribution >= 4 is 62.2 Å². The van der Waals surface area contributed by atoms with Gasteiger partial charge in [0.2, 0.25) is 0 Å². The standard InChI is InChI=1S/C13H8INO2S/c14-9-4-5-10-12-7(9)2-1-3-8(12)13(18)15(10)6-11(16)17/h1-5H,6H2,(H,16,17). The molecule has 0 atom stereocenters. The third-order valence-electron chi connectivity index (χ3n) is 3.03. The molecule has 2 aromatic rings. The van der Waals surface area contributed by atoms with Crippen LogP contribution in [-0.2, 0) is 4.79 Å². The maximum Gasteiger partial charge on any atom is 0.323 e. The number of nitrogens with zero attached hydrogens (tertiary/aromatic N) is 1. The van der Waals surface area contributed by atoms with Gasteiger partial charge in [-0.1, -0.05) is 30.4 Å². The lowest BCUT2D eigenvalue weighted by atomic mass is 10.1. The summed E-state index contributed by atoms with van der Waals surface area (Å²) in [6.07, 6.45) is 0. The van der Waals surface area contributed by atoms with Crippen molar-refractivity contribution in [3.63, 3.8) is 0 Å². The van der Waals surface area contributed by atoms with E-state index in [-0.39, 0.29) is 6.54 Å². The first-order valence-corrected chi connectivity index (χ1v) is 6.83. The van der Waals surface area contributed by atoms with Gasteiger partial charge < -0.3 is 10.0 Å². The predicted octanol–water partition coefficient (Wildman–Crippen LogP) is 3.02. The summed E-state index contributed by atoms with van der Waals surface area (Å²) in [7, 11) is 0. The summed E-state index contributed by atoms with van der Waals surface area (Å²) >= 11 is 7.66. The van der Waals surface area contributed by atoms with Crippen molar-refractivity contribution in [2.24, 2.45) is 0 Å². The maximum absolute atomic E-state index is 10.9. The highest BCUT2D eigenvalue weighted by Crippen LogP contribution is 2.39. The number of aliphatic carboxylic acids is 1. The predicted molar refractivity (Wildman–Crippen MR) is 83.3 cm³/mol. The molecule has 0 spiro atoms. The largest absolute Gasteiger partial charge is 0.480 e. The average molecular weight is 369 g/mol. The van der Waals surface area contributed by atoms with Crippen LogP contribution in [0.2, 0.25) is 0 Å². The summed E-state index contributed by atoms with van der Waals surface area (Å²) in [6.45, 7) is -0.0940. The van der Waals surface area contributed by atoms with Gasteiger partial charge in [0.05, 0.1) is 5.69 Å². The van der Waals surface area contributed by atoms with Crippen molar-refractivity contribution in [2.75, 3.05) is 11.4 Å². The Labute approximate surface area is 123 Å². The van der Waals surface area contributed by atoms with Gasteiger partial charge in [-0.2, -0.15) is 0 Å². The number of halogens is 1. The van der Waals surface area contributed by atoms with Gasteiger partial charge in [-0.25, -0.2) is 0 Å². The average Bonchev–Trinajstić information content (AvgIpc) is 2.60. The second kappa shape index (κ2) is 4.17. The van der Waals surface area contributed by atoms with Crippen LogP contribution >= 0.6 is 34.8 Å². The van der Waals surface area contributed by atoms with E-state index in [1.807, 2.05) is 30.3 Å². The summed E-state index contributed by atoms with van der Waals surface area (Å²) in [5, 5.41) is 11.2. The Hall–Kier alpha value is -1.21. The SMILES string of the molecule is O=C(O)CN1C(=S)c2cccc3c(I)ccc1c23. The van der Waals surface area contributed by atoms with Crippen LogP contribution in [0, 0.1) is 3.57 Å². The number of hydrogen-bond acceptors (Lipinski definition) is 2. The molecular weight excluding hydrogens is 361 g/mol. The van der Waals surface area contributed by atoms with Crippen molar-refractivity contribution in [3.8, 4) is 0 Å². The molecule has 0 aromatic heterocycles. The molecule has 0 radical (unpaired) electrons. The molecule has 1 heterocycles. The molecule has 0 unspecified atom stereocenters. The Morgan fingerprint density at radius 3 is 2.83 bits per heavy atom. The fourth-order valence-electron chi connectivity index (χ4n) is 2.30. The smallest absolute Gasteiger partial charge is 0.323 e. The minimum absolute atomic E-state index is 0.0940. The molecule has 3 nitrogen and oxygen atoms in total. The summed E-state index contributed by atoms with van der Waals surface area (Å²) in [5.74, 6) is -0.878. The number of anilines is 1. The van der Waals surface area contributed by atoms with Crippen molar-refractivity contribution in [1.29, 1.82) is 0 Å². The highest BCUT2D eigenvalue weighted by atomic mass is 127. The van der Waals surface area contributed by atoms with Gasteiger partial charge in [0.1, 0.15) is 11.5 Å². The quantitative estimate of drug-likeness (QED) is 0.653. The van der Waals surface area contributed by atoms with Crippen LogP contribution in [0.3, 0.4) is 0 Å². The van der Waals surface area contributed by atoms with Crippen LogP contribution < -0.4 is 4.90 Å². The summed E-state index contributed by atoms with van der Waals surface area (Å²) in [4.78, 5) is 13.2. The lowest BCUT2D eigenvalue weighted by molar-refractivity contribution is -0.135. The van der Waals surface area contributed by atoms with Crippen molar-refractivity contribution < 1.29 is 9.90 Å². The van der Waals surface area contributed by atoms with Crippen LogP contribution in [0.1, 0.15) is 5.56 Å². The number of benzene rings is 2. The van der Waals surface area contributed by atoms with Crippen LogP contribution in [0.5, 0.6) is 0 Å². The normalized spacial score (nSPS) is 13.4. The van der Waals surface area contributed by atoms with Gasteiger partial charge >= 0.3 is 5.97 Å². The van der Waals surface area contributed by atoms with Gasteiger partial charge in [-0.15, -0.1) is 0 Å². The Morgan fingerprint density at radius 2 is 2.11 bits per heavy atom. The van der Waals surface area contributed by atoms with Gasteiger partial charge in [0, 0.05) is 14.5 Å². The Balaban J connectivity index is 2.30. The van der Waals surface area contributed by atoms with Crippen molar-refractivity contribution in [2.45, 2.75) is 0 Å². The van der Waals surface area contributed by atoms with Gasteiger partial charge in [-0.3, -0.25) is 4.79 Å². The fraction of sp³-hybridized carbons (Fsp3) is 0.0769. The lowest BCUT2D eigenvalue weighted by Crippen LogP contribution is -2.31. The van der Waals surface area contributed by atoms with E-state index in [2.05, 4.69) is 22.6 Å². The van der Waals surface area contributed by atoms with E-state index in [9.17, 15) is 4.79 Å². The Bertz CT molecular complexity index is 699. The van der Waals surface area contributed by atoms with Crippen molar-refractivity contribution in [3.05, 3.63) is 39.5 Å².